The number of aromatic nitrogens is 2. The van der Waals surface area contributed by atoms with Gasteiger partial charge in [-0.25, -0.2) is 9.78 Å². The van der Waals surface area contributed by atoms with Crippen LogP contribution in [0.25, 0.3) is 11.6 Å². The molecule has 2 aromatic rings. The summed E-state index contributed by atoms with van der Waals surface area (Å²) >= 11 is 0. The molecule has 0 bridgehead atoms. The summed E-state index contributed by atoms with van der Waals surface area (Å²) < 4.78 is 15.5. The van der Waals surface area contributed by atoms with Crippen molar-refractivity contribution in [3.05, 3.63) is 23.3 Å². The largest absolute Gasteiger partial charge is 0.460 e. The average molecular weight is 262 g/mol. The number of carbonyl (C=O) groups is 1. The minimum Gasteiger partial charge on any atom is -0.460 e. The molecule has 1 aliphatic rings. The first-order valence-corrected chi connectivity index (χ1v) is 6.30. The molecule has 0 unspecified atom stereocenters. The number of oxazole rings is 1. The van der Waals surface area contributed by atoms with Gasteiger partial charge in [-0.2, -0.15) is 0 Å². The minimum atomic E-state index is -0.469. The number of carbonyl (C=O) groups excluding carboxylic acids is 1. The summed E-state index contributed by atoms with van der Waals surface area (Å²) in [6.45, 7) is 3.85. The van der Waals surface area contributed by atoms with Gasteiger partial charge in [0, 0.05) is 12.0 Å². The molecule has 6 nitrogen and oxygen atoms in total. The fourth-order valence-electron chi connectivity index (χ4n) is 1.89. The van der Waals surface area contributed by atoms with Crippen molar-refractivity contribution >= 4 is 5.97 Å². The van der Waals surface area contributed by atoms with Crippen LogP contribution in [-0.2, 0) is 4.74 Å². The van der Waals surface area contributed by atoms with Gasteiger partial charge in [0.05, 0.1) is 12.3 Å². The Hall–Kier alpha value is -2.11. The van der Waals surface area contributed by atoms with E-state index in [0.29, 0.717) is 35.6 Å². The lowest BCUT2D eigenvalue weighted by molar-refractivity contribution is 0.0489. The summed E-state index contributed by atoms with van der Waals surface area (Å²) in [5, 5.41) is 3.84. The molecule has 2 heterocycles. The van der Waals surface area contributed by atoms with Crippen LogP contribution in [0.5, 0.6) is 0 Å². The second-order valence-electron chi connectivity index (χ2n) is 4.55. The van der Waals surface area contributed by atoms with Crippen LogP contribution in [0.2, 0.25) is 0 Å². The molecule has 6 heteroatoms. The molecule has 3 rings (SSSR count). The molecule has 0 atom stereocenters. The standard InChI is InChI=1S/C13H14N2O4/c1-3-17-13(16)11-10(8-4-5-8)14-12(18-11)9-6-7(2)19-15-9/h6,8H,3-5H2,1-2H3. The maximum atomic E-state index is 11.8. The van der Waals surface area contributed by atoms with E-state index in [1.807, 2.05) is 0 Å². The van der Waals surface area contributed by atoms with E-state index in [0.717, 1.165) is 12.8 Å². The monoisotopic (exact) mass is 262 g/mol. The lowest BCUT2D eigenvalue weighted by atomic mass is 10.2. The van der Waals surface area contributed by atoms with Crippen LogP contribution >= 0.6 is 0 Å². The van der Waals surface area contributed by atoms with Gasteiger partial charge in [0.2, 0.25) is 11.7 Å². The van der Waals surface area contributed by atoms with E-state index in [1.165, 1.54) is 0 Å². The van der Waals surface area contributed by atoms with Crippen LogP contribution in [0, 0.1) is 6.92 Å². The molecule has 0 aliphatic heterocycles. The SMILES string of the molecule is CCOC(=O)c1oc(-c2cc(C)on2)nc1C1CC1. The van der Waals surface area contributed by atoms with E-state index >= 15 is 0 Å². The summed E-state index contributed by atoms with van der Waals surface area (Å²) in [4.78, 5) is 16.2. The lowest BCUT2D eigenvalue weighted by Gasteiger charge is -1.98. The maximum absolute atomic E-state index is 11.8. The second kappa shape index (κ2) is 4.53. The molecule has 2 aromatic heterocycles. The van der Waals surface area contributed by atoms with Crippen molar-refractivity contribution in [3.8, 4) is 11.6 Å². The molecule has 0 amide bonds. The third kappa shape index (κ3) is 2.25. The zero-order valence-electron chi connectivity index (χ0n) is 10.8. The van der Waals surface area contributed by atoms with Crippen LogP contribution in [-0.4, -0.2) is 22.7 Å². The third-order valence-corrected chi connectivity index (χ3v) is 2.93. The second-order valence-corrected chi connectivity index (χ2v) is 4.55. The van der Waals surface area contributed by atoms with E-state index in [1.54, 1.807) is 19.9 Å². The lowest BCUT2D eigenvalue weighted by Crippen LogP contribution is -2.05. The molecule has 100 valence electrons. The molecule has 0 N–H and O–H groups in total. The van der Waals surface area contributed by atoms with Gasteiger partial charge in [0.15, 0.2) is 5.69 Å². The number of nitrogens with zero attached hydrogens (tertiary/aromatic N) is 2. The Labute approximate surface area is 109 Å². The van der Waals surface area contributed by atoms with Crippen molar-refractivity contribution in [3.63, 3.8) is 0 Å². The first-order valence-electron chi connectivity index (χ1n) is 6.30. The van der Waals surface area contributed by atoms with Crippen molar-refractivity contribution in [2.45, 2.75) is 32.6 Å². The average Bonchev–Trinajstić information content (AvgIpc) is 2.98. The molecule has 0 aromatic carbocycles. The molecule has 1 aliphatic carbocycles. The van der Waals surface area contributed by atoms with Gasteiger partial charge in [0.25, 0.3) is 0 Å². The normalized spacial score (nSPS) is 14.6. The molecule has 0 radical (unpaired) electrons. The molecular weight excluding hydrogens is 248 g/mol. The highest BCUT2D eigenvalue weighted by Crippen LogP contribution is 2.42. The van der Waals surface area contributed by atoms with Gasteiger partial charge in [0.1, 0.15) is 5.76 Å². The Bertz CT molecular complexity index is 610. The Morgan fingerprint density at radius 2 is 2.32 bits per heavy atom. The first-order chi connectivity index (χ1) is 9.19. The van der Waals surface area contributed by atoms with Gasteiger partial charge < -0.3 is 13.7 Å². The predicted octanol–water partition coefficient (Wildman–Crippen LogP) is 2.69. The molecule has 19 heavy (non-hydrogen) atoms. The van der Waals surface area contributed by atoms with Gasteiger partial charge in [-0.1, -0.05) is 5.16 Å². The van der Waals surface area contributed by atoms with Gasteiger partial charge in [-0.05, 0) is 26.7 Å². The number of esters is 1. The number of ether oxygens (including phenoxy) is 1. The predicted molar refractivity (Wildman–Crippen MR) is 64.7 cm³/mol. The third-order valence-electron chi connectivity index (χ3n) is 2.93. The Kier molecular flexibility index (Phi) is 2.85. The van der Waals surface area contributed by atoms with E-state index in [9.17, 15) is 4.79 Å². The zero-order chi connectivity index (χ0) is 13.4. The smallest absolute Gasteiger partial charge is 0.376 e. The molecule has 1 fully saturated rings. The summed E-state index contributed by atoms with van der Waals surface area (Å²) in [7, 11) is 0. The van der Waals surface area contributed by atoms with Crippen molar-refractivity contribution in [2.75, 3.05) is 6.61 Å². The highest BCUT2D eigenvalue weighted by Gasteiger charge is 2.34. The van der Waals surface area contributed by atoms with E-state index in [-0.39, 0.29) is 5.76 Å². The number of aryl methyl sites for hydroxylation is 1. The van der Waals surface area contributed by atoms with E-state index < -0.39 is 5.97 Å². The number of rotatable bonds is 4. The quantitative estimate of drug-likeness (QED) is 0.788. The van der Waals surface area contributed by atoms with Crippen molar-refractivity contribution in [2.24, 2.45) is 0 Å². The van der Waals surface area contributed by atoms with Crippen molar-refractivity contribution in [1.29, 1.82) is 0 Å². The maximum Gasteiger partial charge on any atom is 0.376 e. The first kappa shape index (κ1) is 12.0. The number of hydrogen-bond donors (Lipinski definition) is 0. The van der Waals surface area contributed by atoms with Crippen molar-refractivity contribution in [1.82, 2.24) is 10.1 Å². The fourth-order valence-corrected chi connectivity index (χ4v) is 1.89. The van der Waals surface area contributed by atoms with Gasteiger partial charge >= 0.3 is 5.97 Å². The topological polar surface area (TPSA) is 78.4 Å². The molecule has 1 saturated carbocycles. The van der Waals surface area contributed by atoms with Crippen LogP contribution in [0.15, 0.2) is 15.0 Å². The Morgan fingerprint density at radius 3 is 2.89 bits per heavy atom. The van der Waals surface area contributed by atoms with Crippen LogP contribution in [0.1, 0.15) is 47.7 Å². The summed E-state index contributed by atoms with van der Waals surface area (Å²) in [5.74, 6) is 0.994. The molecule has 0 spiro atoms. The van der Waals surface area contributed by atoms with Crippen LogP contribution in [0.3, 0.4) is 0 Å². The van der Waals surface area contributed by atoms with Crippen LogP contribution in [0.4, 0.5) is 0 Å². The van der Waals surface area contributed by atoms with Gasteiger partial charge in [-0.15, -0.1) is 0 Å². The zero-order valence-corrected chi connectivity index (χ0v) is 10.8. The highest BCUT2D eigenvalue weighted by molar-refractivity contribution is 5.88. The summed E-state index contributed by atoms with van der Waals surface area (Å²) in [6, 6.07) is 1.72. The van der Waals surface area contributed by atoms with Crippen molar-refractivity contribution < 1.29 is 18.5 Å². The van der Waals surface area contributed by atoms with E-state index in [2.05, 4.69) is 10.1 Å². The van der Waals surface area contributed by atoms with Crippen LogP contribution < -0.4 is 0 Å². The minimum absolute atomic E-state index is 0.194. The Morgan fingerprint density at radius 1 is 1.53 bits per heavy atom. The highest BCUT2D eigenvalue weighted by atomic mass is 16.5. The molecular formula is C13H14N2O4. The van der Waals surface area contributed by atoms with E-state index in [4.69, 9.17) is 13.7 Å². The Balaban J connectivity index is 1.98. The van der Waals surface area contributed by atoms with Gasteiger partial charge in [-0.3, -0.25) is 0 Å². The molecule has 0 saturated heterocycles. The summed E-state index contributed by atoms with van der Waals surface area (Å²) in [6.07, 6.45) is 2.05. The number of hydrogen-bond acceptors (Lipinski definition) is 6. The fraction of sp³-hybridized carbons (Fsp3) is 0.462. The summed E-state index contributed by atoms with van der Waals surface area (Å²) in [5.41, 5.74) is 1.17.